The Labute approximate surface area is 166 Å². The van der Waals surface area contributed by atoms with E-state index in [1.54, 1.807) is 19.1 Å². The van der Waals surface area contributed by atoms with E-state index >= 15 is 0 Å². The molecule has 0 aliphatic heterocycles. The lowest BCUT2D eigenvalue weighted by Gasteiger charge is -2.19. The summed E-state index contributed by atoms with van der Waals surface area (Å²) in [5.41, 5.74) is 1.13. The van der Waals surface area contributed by atoms with Crippen molar-refractivity contribution >= 4 is 15.9 Å². The van der Waals surface area contributed by atoms with Crippen molar-refractivity contribution in [2.24, 2.45) is 0 Å². The molecule has 0 radical (unpaired) electrons. The van der Waals surface area contributed by atoms with Gasteiger partial charge in [0.15, 0.2) is 0 Å². The van der Waals surface area contributed by atoms with Crippen molar-refractivity contribution in [2.45, 2.75) is 24.8 Å². The standard InChI is InChI=1S/C20H26N2O5S/c1-15-5-7-18(8-6-15)27-14-16(2)21-20(23)13-22(3)28(24,25)19-11-9-17(26-4)10-12-19/h5-12,16H,13-14H2,1-4H3,(H,21,23). The third-order valence-electron chi connectivity index (χ3n) is 4.06. The average Bonchev–Trinajstić information content (AvgIpc) is 2.67. The summed E-state index contributed by atoms with van der Waals surface area (Å²) >= 11 is 0. The number of nitrogens with one attached hydrogen (secondary N) is 1. The molecule has 0 heterocycles. The predicted molar refractivity (Wildman–Crippen MR) is 107 cm³/mol. The molecule has 1 amide bonds. The second kappa shape index (κ2) is 9.57. The molecule has 1 unspecified atom stereocenters. The van der Waals surface area contributed by atoms with Crippen molar-refractivity contribution in [1.82, 2.24) is 9.62 Å². The molecule has 7 nitrogen and oxygen atoms in total. The fourth-order valence-electron chi connectivity index (χ4n) is 2.43. The molecule has 2 aromatic rings. The van der Waals surface area contributed by atoms with Crippen molar-refractivity contribution in [3.63, 3.8) is 0 Å². The highest BCUT2D eigenvalue weighted by Gasteiger charge is 2.23. The first-order valence-corrected chi connectivity index (χ1v) is 10.3. The number of aryl methyl sites for hydroxylation is 1. The Morgan fingerprint density at radius 1 is 1.07 bits per heavy atom. The zero-order valence-electron chi connectivity index (χ0n) is 16.5. The molecular formula is C20H26N2O5S. The zero-order chi connectivity index (χ0) is 20.7. The van der Waals surface area contributed by atoms with Crippen LogP contribution in [-0.4, -0.2) is 52.0 Å². The summed E-state index contributed by atoms with van der Waals surface area (Å²) < 4.78 is 36.8. The highest BCUT2D eigenvalue weighted by atomic mass is 32.2. The molecule has 0 fully saturated rings. The third-order valence-corrected chi connectivity index (χ3v) is 5.88. The highest BCUT2D eigenvalue weighted by Crippen LogP contribution is 2.18. The van der Waals surface area contributed by atoms with Crippen LogP contribution >= 0.6 is 0 Å². The average molecular weight is 407 g/mol. The molecule has 0 aliphatic carbocycles. The number of methoxy groups -OCH3 is 1. The second-order valence-electron chi connectivity index (χ2n) is 6.53. The minimum atomic E-state index is -3.77. The van der Waals surface area contributed by atoms with E-state index in [2.05, 4.69) is 5.32 Å². The summed E-state index contributed by atoms with van der Waals surface area (Å²) in [6, 6.07) is 13.3. The Morgan fingerprint density at radius 3 is 2.21 bits per heavy atom. The summed E-state index contributed by atoms with van der Waals surface area (Å²) in [5.74, 6) is 0.868. The van der Waals surface area contributed by atoms with Crippen molar-refractivity contribution in [3.05, 3.63) is 54.1 Å². The van der Waals surface area contributed by atoms with E-state index in [1.807, 2.05) is 31.2 Å². The first kappa shape index (κ1) is 21.7. The fraction of sp³-hybridized carbons (Fsp3) is 0.350. The quantitative estimate of drug-likeness (QED) is 0.690. The lowest BCUT2D eigenvalue weighted by Crippen LogP contribution is -2.43. The molecule has 0 spiro atoms. The van der Waals surface area contributed by atoms with Gasteiger partial charge in [-0.15, -0.1) is 0 Å². The van der Waals surface area contributed by atoms with Crippen LogP contribution in [0.4, 0.5) is 0 Å². The number of likely N-dealkylation sites (N-methyl/N-ethyl adjacent to an activating group) is 1. The number of rotatable bonds is 9. The van der Waals surface area contributed by atoms with Crippen LogP contribution in [0.5, 0.6) is 11.5 Å². The Kier molecular flexibility index (Phi) is 7.42. The molecular weight excluding hydrogens is 380 g/mol. The minimum Gasteiger partial charge on any atom is -0.497 e. The van der Waals surface area contributed by atoms with Gasteiger partial charge in [0.1, 0.15) is 18.1 Å². The molecule has 0 aliphatic rings. The summed E-state index contributed by atoms with van der Waals surface area (Å²) in [4.78, 5) is 12.3. The van der Waals surface area contributed by atoms with E-state index in [0.29, 0.717) is 11.5 Å². The smallest absolute Gasteiger partial charge is 0.243 e. The molecule has 8 heteroatoms. The number of hydrogen-bond acceptors (Lipinski definition) is 5. The van der Waals surface area contributed by atoms with Crippen LogP contribution < -0.4 is 14.8 Å². The van der Waals surface area contributed by atoms with Crippen molar-refractivity contribution < 1.29 is 22.7 Å². The van der Waals surface area contributed by atoms with Crippen molar-refractivity contribution in [1.29, 1.82) is 0 Å². The van der Waals surface area contributed by atoms with Gasteiger partial charge in [0.2, 0.25) is 15.9 Å². The van der Waals surface area contributed by atoms with E-state index in [-0.39, 0.29) is 24.1 Å². The molecule has 2 rings (SSSR count). The molecule has 0 saturated carbocycles. The van der Waals surface area contributed by atoms with Crippen LogP contribution in [-0.2, 0) is 14.8 Å². The summed E-state index contributed by atoms with van der Waals surface area (Å²) in [6.45, 7) is 3.78. The monoisotopic (exact) mass is 406 g/mol. The number of ether oxygens (including phenoxy) is 2. The zero-order valence-corrected chi connectivity index (χ0v) is 17.3. The van der Waals surface area contributed by atoms with Crippen LogP contribution in [0.1, 0.15) is 12.5 Å². The van der Waals surface area contributed by atoms with Gasteiger partial charge in [0, 0.05) is 7.05 Å². The molecule has 2 aromatic carbocycles. The topological polar surface area (TPSA) is 84.9 Å². The van der Waals surface area contributed by atoms with E-state index in [4.69, 9.17) is 9.47 Å². The number of carbonyl (C=O) groups is 1. The SMILES string of the molecule is COc1ccc(S(=O)(=O)N(C)CC(=O)NC(C)COc2ccc(C)cc2)cc1. The second-order valence-corrected chi connectivity index (χ2v) is 8.57. The third kappa shape index (κ3) is 5.97. The van der Waals surface area contributed by atoms with Gasteiger partial charge in [-0.05, 0) is 50.2 Å². The molecule has 1 atom stereocenters. The van der Waals surface area contributed by atoms with E-state index in [9.17, 15) is 13.2 Å². The summed E-state index contributed by atoms with van der Waals surface area (Å²) in [5, 5.41) is 2.74. The van der Waals surface area contributed by atoms with Crippen molar-refractivity contribution in [3.8, 4) is 11.5 Å². The molecule has 28 heavy (non-hydrogen) atoms. The van der Waals surface area contributed by atoms with Crippen LogP contribution in [0.2, 0.25) is 0 Å². The van der Waals surface area contributed by atoms with Gasteiger partial charge < -0.3 is 14.8 Å². The molecule has 1 N–H and O–H groups in total. The molecule has 0 saturated heterocycles. The van der Waals surface area contributed by atoms with Gasteiger partial charge >= 0.3 is 0 Å². The molecule has 0 aromatic heterocycles. The number of sulfonamides is 1. The van der Waals surface area contributed by atoms with Crippen LogP contribution in [0, 0.1) is 6.92 Å². The maximum Gasteiger partial charge on any atom is 0.243 e. The van der Waals surface area contributed by atoms with Gasteiger partial charge in [-0.3, -0.25) is 4.79 Å². The Morgan fingerprint density at radius 2 is 1.64 bits per heavy atom. The largest absolute Gasteiger partial charge is 0.497 e. The van der Waals surface area contributed by atoms with Gasteiger partial charge in [0.05, 0.1) is 24.6 Å². The van der Waals surface area contributed by atoms with E-state index < -0.39 is 15.9 Å². The lowest BCUT2D eigenvalue weighted by atomic mass is 10.2. The van der Waals surface area contributed by atoms with E-state index in [0.717, 1.165) is 9.87 Å². The van der Waals surface area contributed by atoms with Crippen molar-refractivity contribution in [2.75, 3.05) is 27.3 Å². The number of carbonyl (C=O) groups excluding carboxylic acids is 1. The normalized spacial score (nSPS) is 12.5. The highest BCUT2D eigenvalue weighted by molar-refractivity contribution is 7.89. The molecule has 0 bridgehead atoms. The first-order valence-electron chi connectivity index (χ1n) is 8.81. The Balaban J connectivity index is 1.87. The van der Waals surface area contributed by atoms with Gasteiger partial charge in [0.25, 0.3) is 0 Å². The first-order chi connectivity index (χ1) is 13.2. The Hall–Kier alpha value is -2.58. The van der Waals surface area contributed by atoms with Crippen LogP contribution in [0.25, 0.3) is 0 Å². The summed E-state index contributed by atoms with van der Waals surface area (Å²) in [6.07, 6.45) is 0. The van der Waals surface area contributed by atoms with E-state index in [1.165, 1.54) is 26.3 Å². The summed E-state index contributed by atoms with van der Waals surface area (Å²) in [7, 11) is -0.897. The fourth-order valence-corrected chi connectivity index (χ4v) is 3.56. The van der Waals surface area contributed by atoms with Gasteiger partial charge in [-0.25, -0.2) is 8.42 Å². The number of benzene rings is 2. The number of amides is 1. The van der Waals surface area contributed by atoms with Crippen LogP contribution in [0.3, 0.4) is 0 Å². The maximum atomic E-state index is 12.6. The lowest BCUT2D eigenvalue weighted by molar-refractivity contribution is -0.121. The maximum absolute atomic E-state index is 12.6. The number of hydrogen-bond donors (Lipinski definition) is 1. The van der Waals surface area contributed by atoms with Crippen LogP contribution in [0.15, 0.2) is 53.4 Å². The molecule has 152 valence electrons. The minimum absolute atomic E-state index is 0.0966. The predicted octanol–water partition coefficient (Wildman–Crippen LogP) is 2.21. The Bertz CT molecular complexity index is 880. The number of nitrogens with zero attached hydrogens (tertiary/aromatic N) is 1. The van der Waals surface area contributed by atoms with Gasteiger partial charge in [-0.1, -0.05) is 17.7 Å². The van der Waals surface area contributed by atoms with Gasteiger partial charge in [-0.2, -0.15) is 4.31 Å².